The maximum Gasteiger partial charge on any atom is 0.175 e. The summed E-state index contributed by atoms with van der Waals surface area (Å²) in [7, 11) is 0. The zero-order valence-electron chi connectivity index (χ0n) is 16.7. The largest absolute Gasteiger partial charge is 0.490 e. The van der Waals surface area contributed by atoms with Gasteiger partial charge in [-0.1, -0.05) is 47.5 Å². The van der Waals surface area contributed by atoms with Crippen molar-refractivity contribution in [2.45, 2.75) is 27.4 Å². The third kappa shape index (κ3) is 5.84. The lowest BCUT2D eigenvalue weighted by molar-refractivity contribution is 0.267. The van der Waals surface area contributed by atoms with E-state index in [-0.39, 0.29) is 0 Å². The van der Waals surface area contributed by atoms with E-state index in [1.165, 1.54) is 5.56 Å². The van der Waals surface area contributed by atoms with E-state index < -0.39 is 0 Å². The minimum Gasteiger partial charge on any atom is -0.490 e. The molecule has 5 heteroatoms. The van der Waals surface area contributed by atoms with Gasteiger partial charge in [0.25, 0.3) is 0 Å². The highest BCUT2D eigenvalue weighted by Crippen LogP contribution is 2.37. The van der Waals surface area contributed by atoms with Gasteiger partial charge in [0.2, 0.25) is 0 Å². The van der Waals surface area contributed by atoms with Crippen molar-refractivity contribution in [2.24, 2.45) is 4.99 Å². The average molecular weight is 473 g/mol. The second-order valence-corrected chi connectivity index (χ2v) is 8.02. The predicted molar refractivity (Wildman–Crippen MR) is 124 cm³/mol. The first-order valence-electron chi connectivity index (χ1n) is 9.41. The molecule has 3 aromatic rings. The summed E-state index contributed by atoms with van der Waals surface area (Å²) >= 11 is 9.70. The second kappa shape index (κ2) is 9.95. The molecule has 3 rings (SSSR count). The molecule has 0 saturated heterocycles. The standard InChI is InChI=1S/C24H23BrClNO2/c1-4-28-23-12-19(14-27-22-13-20(26)10-7-17(22)3)11-21(25)24(23)29-15-18-8-5-16(2)6-9-18/h5-14H,4,15H2,1-3H3. The first kappa shape index (κ1) is 21.4. The van der Waals surface area contributed by atoms with Gasteiger partial charge in [0.05, 0.1) is 16.8 Å². The lowest BCUT2D eigenvalue weighted by Crippen LogP contribution is -2.01. The Labute approximate surface area is 185 Å². The molecule has 3 nitrogen and oxygen atoms in total. The molecule has 150 valence electrons. The first-order valence-corrected chi connectivity index (χ1v) is 10.6. The maximum atomic E-state index is 6.09. The Morgan fingerprint density at radius 1 is 1.00 bits per heavy atom. The van der Waals surface area contributed by atoms with Crippen LogP contribution in [0.5, 0.6) is 11.5 Å². The van der Waals surface area contributed by atoms with Crippen molar-refractivity contribution in [1.29, 1.82) is 0 Å². The van der Waals surface area contributed by atoms with Crippen molar-refractivity contribution >= 4 is 39.4 Å². The fourth-order valence-electron chi connectivity index (χ4n) is 2.77. The fraction of sp³-hybridized carbons (Fsp3) is 0.208. The van der Waals surface area contributed by atoms with Crippen LogP contribution in [0.4, 0.5) is 5.69 Å². The normalized spacial score (nSPS) is 11.1. The number of hydrogen-bond donors (Lipinski definition) is 0. The van der Waals surface area contributed by atoms with Crippen LogP contribution in [0.25, 0.3) is 0 Å². The Kier molecular flexibility index (Phi) is 7.34. The van der Waals surface area contributed by atoms with E-state index in [2.05, 4.69) is 52.1 Å². The highest BCUT2D eigenvalue weighted by molar-refractivity contribution is 9.10. The molecule has 0 radical (unpaired) electrons. The zero-order chi connectivity index (χ0) is 20.8. The monoisotopic (exact) mass is 471 g/mol. The highest BCUT2D eigenvalue weighted by Gasteiger charge is 2.12. The van der Waals surface area contributed by atoms with Crippen molar-refractivity contribution in [2.75, 3.05) is 6.61 Å². The van der Waals surface area contributed by atoms with Crippen LogP contribution in [0.1, 0.15) is 29.2 Å². The van der Waals surface area contributed by atoms with Crippen molar-refractivity contribution in [3.63, 3.8) is 0 Å². The summed E-state index contributed by atoms with van der Waals surface area (Å²) in [5, 5.41) is 0.666. The molecule has 0 heterocycles. The number of aryl methyl sites for hydroxylation is 2. The summed E-state index contributed by atoms with van der Waals surface area (Å²) in [4.78, 5) is 4.58. The smallest absolute Gasteiger partial charge is 0.175 e. The maximum absolute atomic E-state index is 6.09. The quantitative estimate of drug-likeness (QED) is 0.334. The van der Waals surface area contributed by atoms with E-state index in [9.17, 15) is 0 Å². The number of aliphatic imine (C=N–C) groups is 1. The van der Waals surface area contributed by atoms with Crippen molar-refractivity contribution in [3.05, 3.63) is 86.3 Å². The van der Waals surface area contributed by atoms with Gasteiger partial charge >= 0.3 is 0 Å². The van der Waals surface area contributed by atoms with Gasteiger partial charge in [-0.25, -0.2) is 0 Å². The molecule has 0 aliphatic heterocycles. The number of hydrogen-bond acceptors (Lipinski definition) is 3. The predicted octanol–water partition coefficient (Wildman–Crippen LogP) is 7.45. The molecule has 0 aromatic heterocycles. The van der Waals surface area contributed by atoms with Crippen molar-refractivity contribution < 1.29 is 9.47 Å². The van der Waals surface area contributed by atoms with Gasteiger partial charge in [-0.15, -0.1) is 0 Å². The van der Waals surface area contributed by atoms with E-state index in [4.69, 9.17) is 21.1 Å². The molecule has 0 fully saturated rings. The number of rotatable bonds is 7. The Hall–Kier alpha value is -2.30. The molecule has 0 atom stereocenters. The number of nitrogens with zero attached hydrogens (tertiary/aromatic N) is 1. The summed E-state index contributed by atoms with van der Waals surface area (Å²) in [6.07, 6.45) is 1.80. The third-order valence-corrected chi connectivity index (χ3v) is 5.18. The van der Waals surface area contributed by atoms with Crippen LogP contribution in [0.2, 0.25) is 5.02 Å². The van der Waals surface area contributed by atoms with E-state index in [1.54, 1.807) is 6.21 Å². The summed E-state index contributed by atoms with van der Waals surface area (Å²) in [6, 6.07) is 17.9. The third-order valence-electron chi connectivity index (χ3n) is 4.36. The lowest BCUT2D eigenvalue weighted by Gasteiger charge is -2.15. The molecule has 0 spiro atoms. The van der Waals surface area contributed by atoms with E-state index in [0.29, 0.717) is 29.7 Å². The molecule has 0 bridgehead atoms. The van der Waals surface area contributed by atoms with Gasteiger partial charge in [-0.2, -0.15) is 0 Å². The van der Waals surface area contributed by atoms with Crippen molar-refractivity contribution in [3.8, 4) is 11.5 Å². The van der Waals surface area contributed by atoms with Gasteiger partial charge in [-0.05, 0) is 77.7 Å². The highest BCUT2D eigenvalue weighted by atomic mass is 79.9. The van der Waals surface area contributed by atoms with Gasteiger partial charge in [-0.3, -0.25) is 4.99 Å². The lowest BCUT2D eigenvalue weighted by atomic mass is 10.1. The van der Waals surface area contributed by atoms with Gasteiger partial charge < -0.3 is 9.47 Å². The van der Waals surface area contributed by atoms with E-state index in [0.717, 1.165) is 26.9 Å². The van der Waals surface area contributed by atoms with Crippen LogP contribution in [0.15, 0.2) is 64.1 Å². The minimum atomic E-state index is 0.466. The molecule has 0 amide bonds. The number of ether oxygens (including phenoxy) is 2. The summed E-state index contributed by atoms with van der Waals surface area (Å²) < 4.78 is 12.7. The van der Waals surface area contributed by atoms with Crippen LogP contribution >= 0.6 is 27.5 Å². The molecule has 0 unspecified atom stereocenters. The second-order valence-electron chi connectivity index (χ2n) is 6.73. The summed E-state index contributed by atoms with van der Waals surface area (Å²) in [5.74, 6) is 1.36. The van der Waals surface area contributed by atoms with Crippen LogP contribution < -0.4 is 9.47 Å². The Morgan fingerprint density at radius 3 is 2.48 bits per heavy atom. The molecule has 0 aliphatic rings. The minimum absolute atomic E-state index is 0.466. The molecule has 0 saturated carbocycles. The Morgan fingerprint density at radius 2 is 1.76 bits per heavy atom. The number of benzene rings is 3. The zero-order valence-corrected chi connectivity index (χ0v) is 19.0. The van der Waals surface area contributed by atoms with Crippen LogP contribution in [0.3, 0.4) is 0 Å². The Balaban J connectivity index is 1.84. The van der Waals surface area contributed by atoms with Crippen LogP contribution in [-0.2, 0) is 6.61 Å². The van der Waals surface area contributed by atoms with Gasteiger partial charge in [0, 0.05) is 11.2 Å². The van der Waals surface area contributed by atoms with Gasteiger partial charge in [0.15, 0.2) is 11.5 Å². The molecule has 0 N–H and O–H groups in total. The number of halogens is 2. The molecule has 29 heavy (non-hydrogen) atoms. The molecular formula is C24H23BrClNO2. The van der Waals surface area contributed by atoms with Crippen molar-refractivity contribution in [1.82, 2.24) is 0 Å². The van der Waals surface area contributed by atoms with E-state index in [1.807, 2.05) is 44.2 Å². The van der Waals surface area contributed by atoms with Gasteiger partial charge in [0.1, 0.15) is 6.61 Å². The van der Waals surface area contributed by atoms with Crippen LogP contribution in [-0.4, -0.2) is 12.8 Å². The average Bonchev–Trinajstić information content (AvgIpc) is 2.69. The molecule has 3 aromatic carbocycles. The SMILES string of the molecule is CCOc1cc(C=Nc2cc(Cl)ccc2C)cc(Br)c1OCc1ccc(C)cc1. The topological polar surface area (TPSA) is 30.8 Å². The molecular weight excluding hydrogens is 450 g/mol. The fourth-order valence-corrected chi connectivity index (χ4v) is 3.51. The van der Waals surface area contributed by atoms with Crippen LogP contribution in [0, 0.1) is 13.8 Å². The summed E-state index contributed by atoms with van der Waals surface area (Å²) in [5.41, 5.74) is 5.14. The first-order chi connectivity index (χ1) is 14.0. The summed E-state index contributed by atoms with van der Waals surface area (Å²) in [6.45, 7) is 7.04. The molecule has 0 aliphatic carbocycles. The van der Waals surface area contributed by atoms with E-state index >= 15 is 0 Å². The Bertz CT molecular complexity index is 1020.